The second kappa shape index (κ2) is 3.32. The van der Waals surface area contributed by atoms with E-state index in [1.807, 2.05) is 12.1 Å². The van der Waals surface area contributed by atoms with Crippen molar-refractivity contribution in [1.82, 2.24) is 10.2 Å². The summed E-state index contributed by atoms with van der Waals surface area (Å²) in [4.78, 5) is 0. The third-order valence-electron chi connectivity index (χ3n) is 1.48. The number of hydrogen-bond donors (Lipinski definition) is 0. The molecule has 13 heavy (non-hydrogen) atoms. The predicted octanol–water partition coefficient (Wildman–Crippen LogP) is 2.30. The van der Waals surface area contributed by atoms with Gasteiger partial charge in [0, 0.05) is 10.6 Å². The van der Waals surface area contributed by atoms with E-state index >= 15 is 0 Å². The van der Waals surface area contributed by atoms with Crippen LogP contribution in [0.1, 0.15) is 0 Å². The zero-order valence-corrected chi connectivity index (χ0v) is 7.97. The first kappa shape index (κ1) is 8.47. The average molecular weight is 212 g/mol. The number of benzene rings is 1. The molecule has 0 saturated heterocycles. The maximum Gasteiger partial charge on any atom is 0.245 e. The minimum absolute atomic E-state index is 0.134. The Morgan fingerprint density at radius 1 is 1.31 bits per heavy atom. The number of hydrogen-bond acceptors (Lipinski definition) is 4. The van der Waals surface area contributed by atoms with Gasteiger partial charge in [-0.25, -0.2) is 0 Å². The van der Waals surface area contributed by atoms with Crippen LogP contribution in [0, 0.1) is 0 Å². The number of rotatable bonds is 1. The van der Waals surface area contributed by atoms with Crippen LogP contribution in [0.4, 0.5) is 0 Å². The summed E-state index contributed by atoms with van der Waals surface area (Å²) >= 11 is 10.5. The molecule has 0 fully saturated rings. The predicted molar refractivity (Wildman–Crippen MR) is 50.4 cm³/mol. The van der Waals surface area contributed by atoms with E-state index in [-0.39, 0.29) is 5.22 Å². The Hall–Kier alpha value is -1.13. The zero-order valence-electron chi connectivity index (χ0n) is 6.40. The molecule has 0 spiro atoms. The molecule has 0 aliphatic carbocycles. The first-order valence-corrected chi connectivity index (χ1v) is 4.31. The molecule has 0 saturated carbocycles. The molecule has 0 aliphatic rings. The van der Waals surface area contributed by atoms with Crippen LogP contribution in [0.2, 0.25) is 5.02 Å². The highest BCUT2D eigenvalue weighted by Crippen LogP contribution is 2.20. The monoisotopic (exact) mass is 211 g/mol. The highest BCUT2D eigenvalue weighted by Gasteiger charge is 2.02. The maximum atomic E-state index is 5.79. The van der Waals surface area contributed by atoms with Gasteiger partial charge < -0.3 is 17.0 Å². The Labute approximate surface area is 85.1 Å². The van der Waals surface area contributed by atoms with Gasteiger partial charge in [-0.1, -0.05) is 17.7 Å². The zero-order chi connectivity index (χ0) is 9.26. The standard InChI is InChI=1S/C8H5ClN2OS/c9-6-3-1-2-5(4-6)7-10-11-8(13)12-7/h1-4H,(H,11,13)/p-1. The minimum atomic E-state index is 0.134. The van der Waals surface area contributed by atoms with Gasteiger partial charge in [0.05, 0.1) is 5.22 Å². The van der Waals surface area contributed by atoms with Gasteiger partial charge in [0.25, 0.3) is 0 Å². The summed E-state index contributed by atoms with van der Waals surface area (Å²) in [5, 5.41) is 8.09. The fraction of sp³-hybridized carbons (Fsp3) is 0. The highest BCUT2D eigenvalue weighted by atomic mass is 35.5. The van der Waals surface area contributed by atoms with Crippen molar-refractivity contribution in [2.24, 2.45) is 0 Å². The third-order valence-corrected chi connectivity index (χ3v) is 1.88. The van der Waals surface area contributed by atoms with Crippen molar-refractivity contribution in [1.29, 1.82) is 0 Å². The van der Waals surface area contributed by atoms with Crippen LogP contribution in [-0.2, 0) is 12.6 Å². The summed E-state index contributed by atoms with van der Waals surface area (Å²) < 4.78 is 5.06. The molecule has 1 aromatic carbocycles. The molecule has 0 aliphatic heterocycles. The van der Waals surface area contributed by atoms with Crippen LogP contribution < -0.4 is 0 Å². The van der Waals surface area contributed by atoms with Crippen LogP contribution in [0.15, 0.2) is 33.9 Å². The second-order valence-corrected chi connectivity index (χ2v) is 3.17. The number of aromatic nitrogens is 2. The Morgan fingerprint density at radius 3 is 2.77 bits per heavy atom. The lowest BCUT2D eigenvalue weighted by atomic mass is 10.2. The van der Waals surface area contributed by atoms with E-state index in [0.717, 1.165) is 5.56 Å². The van der Waals surface area contributed by atoms with E-state index in [9.17, 15) is 0 Å². The topological polar surface area (TPSA) is 38.9 Å². The lowest BCUT2D eigenvalue weighted by molar-refractivity contribution is 0.467. The van der Waals surface area contributed by atoms with Gasteiger partial charge in [0.2, 0.25) is 5.89 Å². The number of nitrogens with zero attached hydrogens (tertiary/aromatic N) is 2. The van der Waals surface area contributed by atoms with E-state index < -0.39 is 0 Å². The molecular formula is C8H4ClN2OS-. The molecule has 0 N–H and O–H groups in total. The normalized spacial score (nSPS) is 10.2. The molecule has 0 amide bonds. The second-order valence-electron chi connectivity index (χ2n) is 2.38. The van der Waals surface area contributed by atoms with Crippen molar-refractivity contribution in [3.05, 3.63) is 29.3 Å². The van der Waals surface area contributed by atoms with Crippen molar-refractivity contribution in [2.45, 2.75) is 5.22 Å². The van der Waals surface area contributed by atoms with Gasteiger partial charge in [0.15, 0.2) is 0 Å². The molecular weight excluding hydrogens is 208 g/mol. The lowest BCUT2D eigenvalue weighted by Crippen LogP contribution is -1.76. The summed E-state index contributed by atoms with van der Waals surface area (Å²) in [5.41, 5.74) is 0.774. The molecule has 66 valence electrons. The molecule has 0 unspecified atom stereocenters. The van der Waals surface area contributed by atoms with Gasteiger partial charge >= 0.3 is 0 Å². The Bertz CT molecular complexity index is 430. The van der Waals surface area contributed by atoms with Crippen LogP contribution in [-0.4, -0.2) is 10.2 Å². The quantitative estimate of drug-likeness (QED) is 0.679. The number of halogens is 1. The largest absolute Gasteiger partial charge is 0.719 e. The van der Waals surface area contributed by atoms with Crippen molar-refractivity contribution in [3.63, 3.8) is 0 Å². The third kappa shape index (κ3) is 1.79. The average Bonchev–Trinajstić information content (AvgIpc) is 2.52. The molecule has 0 atom stereocenters. The van der Waals surface area contributed by atoms with Crippen molar-refractivity contribution in [3.8, 4) is 11.5 Å². The van der Waals surface area contributed by atoms with Crippen LogP contribution in [0.5, 0.6) is 0 Å². The maximum absolute atomic E-state index is 5.79. The molecule has 5 heteroatoms. The SMILES string of the molecule is [S-]c1nnc(-c2cccc(Cl)c2)o1. The van der Waals surface area contributed by atoms with Crippen molar-refractivity contribution in [2.75, 3.05) is 0 Å². The van der Waals surface area contributed by atoms with E-state index in [1.165, 1.54) is 0 Å². The Kier molecular flexibility index (Phi) is 2.16. The fourth-order valence-corrected chi connectivity index (χ4v) is 1.26. The van der Waals surface area contributed by atoms with Gasteiger partial charge in [-0.05, 0) is 18.2 Å². The van der Waals surface area contributed by atoms with E-state index in [4.69, 9.17) is 28.6 Å². The highest BCUT2D eigenvalue weighted by molar-refractivity contribution is 7.58. The molecule has 3 nitrogen and oxygen atoms in total. The summed E-state index contributed by atoms with van der Waals surface area (Å²) in [7, 11) is 0. The first-order valence-electron chi connectivity index (χ1n) is 3.52. The van der Waals surface area contributed by atoms with Crippen molar-refractivity contribution >= 4 is 24.2 Å². The smallest absolute Gasteiger partial charge is 0.245 e. The van der Waals surface area contributed by atoms with Gasteiger partial charge in [0.1, 0.15) is 0 Å². The summed E-state index contributed by atoms with van der Waals surface area (Å²) in [6.45, 7) is 0. The van der Waals surface area contributed by atoms with E-state index in [2.05, 4.69) is 10.2 Å². The minimum Gasteiger partial charge on any atom is -0.719 e. The van der Waals surface area contributed by atoms with Gasteiger partial charge in [-0.2, -0.15) is 0 Å². The first-order chi connectivity index (χ1) is 6.25. The van der Waals surface area contributed by atoms with Gasteiger partial charge in [-0.15, -0.1) is 10.2 Å². The Morgan fingerprint density at radius 2 is 2.15 bits per heavy atom. The molecule has 1 heterocycles. The Balaban J connectivity index is 2.46. The van der Waals surface area contributed by atoms with E-state index in [1.54, 1.807) is 12.1 Å². The van der Waals surface area contributed by atoms with Crippen LogP contribution in [0.3, 0.4) is 0 Å². The van der Waals surface area contributed by atoms with Gasteiger partial charge in [-0.3, -0.25) is 0 Å². The molecule has 1 aromatic heterocycles. The lowest BCUT2D eigenvalue weighted by Gasteiger charge is -1.95. The summed E-state index contributed by atoms with van der Waals surface area (Å²) in [6.07, 6.45) is 0. The van der Waals surface area contributed by atoms with E-state index in [0.29, 0.717) is 10.9 Å². The summed E-state index contributed by atoms with van der Waals surface area (Å²) in [6, 6.07) is 7.15. The van der Waals surface area contributed by atoms with Crippen molar-refractivity contribution < 1.29 is 4.42 Å². The van der Waals surface area contributed by atoms with Crippen LogP contribution >= 0.6 is 11.6 Å². The molecule has 0 radical (unpaired) electrons. The fourth-order valence-electron chi connectivity index (χ4n) is 0.948. The summed E-state index contributed by atoms with van der Waals surface area (Å²) in [5.74, 6) is 0.396. The molecule has 2 rings (SSSR count). The molecule has 2 aromatic rings. The molecule has 0 bridgehead atoms. The van der Waals surface area contributed by atoms with Crippen LogP contribution in [0.25, 0.3) is 11.5 Å².